The zero-order valence-corrected chi connectivity index (χ0v) is 12.8. The van der Waals surface area contributed by atoms with Crippen molar-refractivity contribution in [2.24, 2.45) is 5.92 Å². The van der Waals surface area contributed by atoms with Crippen LogP contribution < -0.4 is 10.1 Å². The first kappa shape index (κ1) is 15.3. The lowest BCUT2D eigenvalue weighted by Crippen LogP contribution is -2.44. The van der Waals surface area contributed by atoms with Gasteiger partial charge in [-0.15, -0.1) is 0 Å². The Morgan fingerprint density at radius 2 is 2.23 bits per heavy atom. The standard InChI is InChI=1S/C17H24N2O3/c20-12-13-4-3-8-19(10-13)11-17(21)18-15-7-9-22-16-6-2-1-5-14(15)16/h1-2,5-6,13,15,20H,3-4,7-12H2,(H,18,21). The highest BCUT2D eigenvalue weighted by atomic mass is 16.5. The van der Waals surface area contributed by atoms with E-state index < -0.39 is 0 Å². The second kappa shape index (κ2) is 7.11. The van der Waals surface area contributed by atoms with E-state index in [9.17, 15) is 9.90 Å². The van der Waals surface area contributed by atoms with Gasteiger partial charge in [-0.3, -0.25) is 9.69 Å². The number of hydrogen-bond donors (Lipinski definition) is 2. The van der Waals surface area contributed by atoms with E-state index in [0.717, 1.165) is 43.7 Å². The van der Waals surface area contributed by atoms with Gasteiger partial charge in [-0.1, -0.05) is 18.2 Å². The van der Waals surface area contributed by atoms with Crippen molar-refractivity contribution in [2.75, 3.05) is 32.8 Å². The number of carbonyl (C=O) groups excluding carboxylic acids is 1. The molecule has 0 aliphatic carbocycles. The van der Waals surface area contributed by atoms with Crippen molar-refractivity contribution in [3.63, 3.8) is 0 Å². The Hall–Kier alpha value is -1.59. The summed E-state index contributed by atoms with van der Waals surface area (Å²) in [5, 5.41) is 12.4. The minimum Gasteiger partial charge on any atom is -0.493 e. The number of carbonyl (C=O) groups is 1. The van der Waals surface area contributed by atoms with Gasteiger partial charge in [0.05, 0.1) is 19.2 Å². The first-order valence-electron chi connectivity index (χ1n) is 8.10. The summed E-state index contributed by atoms with van der Waals surface area (Å²) in [6.45, 7) is 3.02. The number of amides is 1. The number of ether oxygens (including phenoxy) is 1. The molecule has 1 aromatic rings. The molecule has 1 saturated heterocycles. The van der Waals surface area contributed by atoms with Gasteiger partial charge >= 0.3 is 0 Å². The lowest BCUT2D eigenvalue weighted by atomic mass is 9.99. The number of hydrogen-bond acceptors (Lipinski definition) is 4. The Morgan fingerprint density at radius 1 is 1.36 bits per heavy atom. The van der Waals surface area contributed by atoms with Crippen molar-refractivity contribution in [1.29, 1.82) is 0 Å². The maximum atomic E-state index is 12.3. The van der Waals surface area contributed by atoms with Crippen LogP contribution in [0.1, 0.15) is 30.9 Å². The predicted octanol–water partition coefficient (Wildman–Crippen LogP) is 1.33. The molecular weight excluding hydrogens is 280 g/mol. The molecule has 1 aromatic carbocycles. The van der Waals surface area contributed by atoms with Gasteiger partial charge in [0.2, 0.25) is 5.91 Å². The van der Waals surface area contributed by atoms with E-state index in [0.29, 0.717) is 19.1 Å². The van der Waals surface area contributed by atoms with Crippen LogP contribution in [0.25, 0.3) is 0 Å². The number of nitrogens with one attached hydrogen (secondary N) is 1. The van der Waals surface area contributed by atoms with Crippen molar-refractivity contribution < 1.29 is 14.6 Å². The molecule has 2 N–H and O–H groups in total. The topological polar surface area (TPSA) is 61.8 Å². The van der Waals surface area contributed by atoms with Crippen LogP contribution in [0.3, 0.4) is 0 Å². The number of para-hydroxylation sites is 1. The summed E-state index contributed by atoms with van der Waals surface area (Å²) in [6, 6.07) is 7.93. The molecule has 120 valence electrons. The van der Waals surface area contributed by atoms with Gasteiger partial charge in [0.1, 0.15) is 5.75 Å². The van der Waals surface area contributed by atoms with Gasteiger partial charge in [-0.2, -0.15) is 0 Å². The molecule has 5 nitrogen and oxygen atoms in total. The van der Waals surface area contributed by atoms with Gasteiger partial charge in [0, 0.05) is 25.1 Å². The first-order chi connectivity index (χ1) is 10.8. The zero-order valence-electron chi connectivity index (χ0n) is 12.8. The van der Waals surface area contributed by atoms with Crippen LogP contribution in [-0.4, -0.2) is 48.8 Å². The summed E-state index contributed by atoms with van der Waals surface area (Å²) in [7, 11) is 0. The number of piperidine rings is 1. The highest BCUT2D eigenvalue weighted by Crippen LogP contribution is 2.31. The molecule has 3 rings (SSSR count). The lowest BCUT2D eigenvalue weighted by Gasteiger charge is -2.32. The minimum absolute atomic E-state index is 0.0379. The largest absolute Gasteiger partial charge is 0.493 e. The number of rotatable bonds is 4. The molecule has 2 heterocycles. The molecule has 5 heteroatoms. The summed E-state index contributed by atoms with van der Waals surface area (Å²) in [4.78, 5) is 14.5. The van der Waals surface area contributed by atoms with E-state index in [-0.39, 0.29) is 18.6 Å². The molecule has 1 amide bonds. The Balaban J connectivity index is 1.56. The average molecular weight is 304 g/mol. The molecule has 2 aliphatic rings. The molecule has 0 bridgehead atoms. The third kappa shape index (κ3) is 3.59. The second-order valence-corrected chi connectivity index (χ2v) is 6.22. The monoisotopic (exact) mass is 304 g/mol. The first-order valence-corrected chi connectivity index (χ1v) is 8.10. The van der Waals surface area contributed by atoms with Crippen LogP contribution in [0, 0.1) is 5.92 Å². The van der Waals surface area contributed by atoms with E-state index >= 15 is 0 Å². The third-order valence-electron chi connectivity index (χ3n) is 4.52. The summed E-state index contributed by atoms with van der Waals surface area (Å²) >= 11 is 0. The van der Waals surface area contributed by atoms with Crippen LogP contribution in [0.15, 0.2) is 24.3 Å². The van der Waals surface area contributed by atoms with E-state index in [1.165, 1.54) is 0 Å². The Morgan fingerprint density at radius 3 is 3.09 bits per heavy atom. The fourth-order valence-corrected chi connectivity index (χ4v) is 3.38. The van der Waals surface area contributed by atoms with Gasteiger partial charge in [-0.05, 0) is 31.4 Å². The van der Waals surface area contributed by atoms with Gasteiger partial charge < -0.3 is 15.2 Å². The summed E-state index contributed by atoms with van der Waals surface area (Å²) in [5.41, 5.74) is 1.06. The SMILES string of the molecule is O=C(CN1CCCC(CO)C1)NC1CCOc2ccccc21. The zero-order chi connectivity index (χ0) is 15.4. The number of nitrogens with zero attached hydrogens (tertiary/aromatic N) is 1. The number of fused-ring (bicyclic) bond motifs is 1. The fourth-order valence-electron chi connectivity index (χ4n) is 3.38. The third-order valence-corrected chi connectivity index (χ3v) is 4.52. The quantitative estimate of drug-likeness (QED) is 0.881. The van der Waals surface area contributed by atoms with E-state index in [2.05, 4.69) is 10.2 Å². The number of likely N-dealkylation sites (tertiary alicyclic amines) is 1. The smallest absolute Gasteiger partial charge is 0.234 e. The number of benzene rings is 1. The predicted molar refractivity (Wildman–Crippen MR) is 83.7 cm³/mol. The summed E-state index contributed by atoms with van der Waals surface area (Å²) in [6.07, 6.45) is 2.92. The normalized spacial score (nSPS) is 25.1. The lowest BCUT2D eigenvalue weighted by molar-refractivity contribution is -0.123. The van der Waals surface area contributed by atoms with Gasteiger partial charge in [0.25, 0.3) is 0 Å². The molecule has 0 aromatic heterocycles. The fraction of sp³-hybridized carbons (Fsp3) is 0.588. The van der Waals surface area contributed by atoms with E-state index in [4.69, 9.17) is 4.74 Å². The minimum atomic E-state index is 0.0379. The maximum Gasteiger partial charge on any atom is 0.234 e. The van der Waals surface area contributed by atoms with Gasteiger partial charge in [0.15, 0.2) is 0 Å². The van der Waals surface area contributed by atoms with Crippen LogP contribution >= 0.6 is 0 Å². The highest BCUT2D eigenvalue weighted by molar-refractivity contribution is 5.78. The number of aliphatic hydroxyl groups excluding tert-OH is 1. The Labute approximate surface area is 131 Å². The molecule has 1 fully saturated rings. The Kier molecular flexibility index (Phi) is 4.95. The molecule has 0 spiro atoms. The Bertz CT molecular complexity index is 520. The summed E-state index contributed by atoms with van der Waals surface area (Å²) in [5.74, 6) is 1.24. The molecule has 2 unspecified atom stereocenters. The molecule has 0 saturated carbocycles. The summed E-state index contributed by atoms with van der Waals surface area (Å²) < 4.78 is 5.62. The maximum absolute atomic E-state index is 12.3. The van der Waals surface area contributed by atoms with Crippen LogP contribution in [0.4, 0.5) is 0 Å². The van der Waals surface area contributed by atoms with Gasteiger partial charge in [-0.25, -0.2) is 0 Å². The van der Waals surface area contributed by atoms with Crippen molar-refractivity contribution in [3.8, 4) is 5.75 Å². The molecule has 0 radical (unpaired) electrons. The molecule has 2 aliphatic heterocycles. The average Bonchev–Trinajstić information content (AvgIpc) is 2.55. The van der Waals surface area contributed by atoms with E-state index in [1.807, 2.05) is 24.3 Å². The number of aliphatic hydroxyl groups is 1. The van der Waals surface area contributed by atoms with Crippen LogP contribution in [0.2, 0.25) is 0 Å². The second-order valence-electron chi connectivity index (χ2n) is 6.22. The van der Waals surface area contributed by atoms with Crippen LogP contribution in [-0.2, 0) is 4.79 Å². The van der Waals surface area contributed by atoms with Crippen molar-refractivity contribution in [2.45, 2.75) is 25.3 Å². The van der Waals surface area contributed by atoms with Crippen molar-refractivity contribution in [3.05, 3.63) is 29.8 Å². The van der Waals surface area contributed by atoms with Crippen molar-refractivity contribution >= 4 is 5.91 Å². The van der Waals surface area contributed by atoms with Crippen molar-refractivity contribution in [1.82, 2.24) is 10.2 Å². The highest BCUT2D eigenvalue weighted by Gasteiger charge is 2.25. The molecular formula is C17H24N2O3. The van der Waals surface area contributed by atoms with Crippen LogP contribution in [0.5, 0.6) is 5.75 Å². The molecule has 22 heavy (non-hydrogen) atoms. The van der Waals surface area contributed by atoms with E-state index in [1.54, 1.807) is 0 Å². The molecule has 2 atom stereocenters.